The molecule has 2 unspecified atom stereocenters. The second kappa shape index (κ2) is 22.2. The smallest absolute Gasteiger partial charge is 0.458 e. The number of phosphoric ester groups is 1. The van der Waals surface area contributed by atoms with Crippen LogP contribution in [0.25, 0.3) is 0 Å². The van der Waals surface area contributed by atoms with Gasteiger partial charge in [-0.3, -0.25) is 13.8 Å². The topological polar surface area (TPSA) is 91.3 Å². The molecule has 0 fully saturated rings. The van der Waals surface area contributed by atoms with Crippen molar-refractivity contribution < 1.29 is 37.3 Å². The quantitative estimate of drug-likeness (QED) is 0.0597. The summed E-state index contributed by atoms with van der Waals surface area (Å²) in [6.45, 7) is 4.21. The zero-order chi connectivity index (χ0) is 27.8. The fourth-order valence-electron chi connectivity index (χ4n) is 2.73. The number of carbonyl (C=O) groups excluding carboxylic acids is 1. The first-order chi connectivity index (χ1) is 17.6. The number of hydrogen-bond acceptors (Lipinski definition) is 6. The van der Waals surface area contributed by atoms with E-state index in [-0.39, 0.29) is 19.8 Å². The molecule has 0 aliphatic heterocycles. The van der Waals surface area contributed by atoms with Gasteiger partial charge in [-0.25, -0.2) is 4.57 Å². The highest BCUT2D eigenvalue weighted by atomic mass is 31.2. The lowest BCUT2D eigenvalue weighted by Crippen LogP contribution is -2.37. The third-order valence-electron chi connectivity index (χ3n) is 4.66. The predicted molar refractivity (Wildman–Crippen MR) is 150 cm³/mol. The van der Waals surface area contributed by atoms with Crippen LogP contribution < -0.4 is 0 Å². The number of esters is 1. The molecular formula is C28H49NO7P+. The summed E-state index contributed by atoms with van der Waals surface area (Å²) in [5.74, 6) is -0.520. The van der Waals surface area contributed by atoms with Gasteiger partial charge in [0.15, 0.2) is 0 Å². The minimum atomic E-state index is -4.24. The molecule has 9 heteroatoms. The van der Waals surface area contributed by atoms with Gasteiger partial charge >= 0.3 is 13.8 Å². The third kappa shape index (κ3) is 27.1. The molecule has 0 aliphatic carbocycles. The lowest BCUT2D eigenvalue weighted by molar-refractivity contribution is -0.870. The molecule has 0 saturated heterocycles. The van der Waals surface area contributed by atoms with Crippen LogP contribution in [0.2, 0.25) is 0 Å². The molecule has 0 aliphatic rings. The standard InChI is InChI=1S/C28H48NO7P/c1-6-7-8-9-10-11-12-13-14-15-16-17-18-19-20-21-23-33-25-28(36-27(2)30)26-35-37(31,32)34-24-22-29(3,4)5/h7-8,10-11,13-14,16-17,19-20,28H,6,9,12,15,18,21-26H2,1-5H3/p+1/b8-7-,11-10-,14-13-,17-16-,20-19-. The van der Waals surface area contributed by atoms with Gasteiger partial charge in [0.1, 0.15) is 19.3 Å². The summed E-state index contributed by atoms with van der Waals surface area (Å²) in [7, 11) is 1.60. The minimum Gasteiger partial charge on any atom is -0.458 e. The van der Waals surface area contributed by atoms with Gasteiger partial charge in [-0.1, -0.05) is 67.7 Å². The highest BCUT2D eigenvalue weighted by molar-refractivity contribution is 7.47. The molecule has 0 aromatic carbocycles. The Labute approximate surface area is 224 Å². The van der Waals surface area contributed by atoms with E-state index < -0.39 is 19.9 Å². The zero-order valence-electron chi connectivity index (χ0n) is 23.4. The normalized spacial score (nSPS) is 15.5. The summed E-state index contributed by atoms with van der Waals surface area (Å²) in [6.07, 6.45) is 26.1. The van der Waals surface area contributed by atoms with E-state index in [2.05, 4.69) is 61.6 Å². The van der Waals surface area contributed by atoms with Crippen molar-refractivity contribution >= 4 is 13.8 Å². The second-order valence-electron chi connectivity index (χ2n) is 9.41. The number of phosphoric acid groups is 1. The molecule has 0 rings (SSSR count). The lowest BCUT2D eigenvalue weighted by Gasteiger charge is -2.24. The molecule has 1 N–H and O–H groups in total. The monoisotopic (exact) mass is 542 g/mol. The van der Waals surface area contributed by atoms with Crippen molar-refractivity contribution in [3.8, 4) is 0 Å². The molecule has 2 atom stereocenters. The summed E-state index contributed by atoms with van der Waals surface area (Å²) in [5.41, 5.74) is 0. The number of nitrogens with zero attached hydrogens (tertiary/aromatic N) is 1. The van der Waals surface area contributed by atoms with Crippen molar-refractivity contribution in [1.82, 2.24) is 0 Å². The maximum atomic E-state index is 12.0. The molecule has 0 saturated carbocycles. The summed E-state index contributed by atoms with van der Waals surface area (Å²) in [6, 6.07) is 0. The van der Waals surface area contributed by atoms with Crippen LogP contribution in [0.3, 0.4) is 0 Å². The molecular weight excluding hydrogens is 493 g/mol. The van der Waals surface area contributed by atoms with E-state index in [0.717, 1.165) is 32.1 Å². The average molecular weight is 543 g/mol. The first-order valence-corrected chi connectivity index (χ1v) is 14.5. The summed E-state index contributed by atoms with van der Waals surface area (Å²) in [5, 5.41) is 0. The van der Waals surface area contributed by atoms with Crippen LogP contribution >= 0.6 is 7.82 Å². The summed E-state index contributed by atoms with van der Waals surface area (Å²) >= 11 is 0. The van der Waals surface area contributed by atoms with Crippen molar-refractivity contribution in [2.24, 2.45) is 0 Å². The summed E-state index contributed by atoms with van der Waals surface area (Å²) < 4.78 is 33.2. The van der Waals surface area contributed by atoms with Crippen LogP contribution in [0.15, 0.2) is 60.8 Å². The van der Waals surface area contributed by atoms with Crippen molar-refractivity contribution in [1.29, 1.82) is 0 Å². The van der Waals surface area contributed by atoms with Gasteiger partial charge < -0.3 is 18.9 Å². The van der Waals surface area contributed by atoms with Crippen LogP contribution in [0.1, 0.15) is 52.4 Å². The Balaban J connectivity index is 4.04. The number of ether oxygens (including phenoxy) is 2. The van der Waals surface area contributed by atoms with E-state index in [1.807, 2.05) is 27.2 Å². The molecule has 8 nitrogen and oxygen atoms in total. The lowest BCUT2D eigenvalue weighted by atomic mass is 10.2. The molecule has 0 bridgehead atoms. The molecule has 37 heavy (non-hydrogen) atoms. The maximum absolute atomic E-state index is 12.0. The molecule has 0 heterocycles. The number of likely N-dealkylation sites (N-methyl/N-ethyl adjacent to an activating group) is 1. The Kier molecular flexibility index (Phi) is 21.1. The number of rotatable bonds is 22. The van der Waals surface area contributed by atoms with E-state index in [0.29, 0.717) is 24.1 Å². The molecule has 212 valence electrons. The first-order valence-electron chi connectivity index (χ1n) is 13.0. The van der Waals surface area contributed by atoms with Crippen LogP contribution in [0.5, 0.6) is 0 Å². The Morgan fingerprint density at radius 1 is 0.811 bits per heavy atom. The Hall–Kier alpha value is -1.80. The van der Waals surface area contributed by atoms with E-state index in [4.69, 9.17) is 18.5 Å². The number of carbonyl (C=O) groups is 1. The average Bonchev–Trinajstić information content (AvgIpc) is 2.80. The number of allylic oxidation sites excluding steroid dienone is 9. The highest BCUT2D eigenvalue weighted by Crippen LogP contribution is 2.43. The molecule has 0 aromatic rings. The largest absolute Gasteiger partial charge is 0.472 e. The third-order valence-corrected chi connectivity index (χ3v) is 5.65. The SMILES string of the molecule is CC/C=C\C/C=C\C/C=C\C/C=C\C/C=C\CCOCC(COP(=O)(O)OCC[N+](C)(C)C)OC(C)=O. The zero-order valence-corrected chi connectivity index (χ0v) is 24.3. The van der Waals surface area contributed by atoms with Crippen molar-refractivity contribution in [2.75, 3.05) is 54.1 Å². The Bertz CT molecular complexity index is 782. The van der Waals surface area contributed by atoms with Crippen molar-refractivity contribution in [3.05, 3.63) is 60.8 Å². The predicted octanol–water partition coefficient (Wildman–Crippen LogP) is 5.92. The van der Waals surface area contributed by atoms with E-state index in [1.165, 1.54) is 6.92 Å². The van der Waals surface area contributed by atoms with Crippen LogP contribution in [-0.2, 0) is 27.9 Å². The molecule has 0 radical (unpaired) electrons. The Morgan fingerprint density at radius 2 is 1.32 bits per heavy atom. The van der Waals surface area contributed by atoms with Crippen molar-refractivity contribution in [3.63, 3.8) is 0 Å². The number of hydrogen-bond donors (Lipinski definition) is 1. The van der Waals surface area contributed by atoms with Gasteiger partial charge in [-0.15, -0.1) is 0 Å². The molecule has 0 spiro atoms. The molecule has 0 aromatic heterocycles. The van der Waals surface area contributed by atoms with Gasteiger partial charge in [0.05, 0.1) is 41.0 Å². The van der Waals surface area contributed by atoms with Crippen LogP contribution in [0, 0.1) is 0 Å². The van der Waals surface area contributed by atoms with E-state index in [1.54, 1.807) is 0 Å². The second-order valence-corrected chi connectivity index (χ2v) is 10.9. The highest BCUT2D eigenvalue weighted by Gasteiger charge is 2.25. The van der Waals surface area contributed by atoms with Gasteiger partial charge in [0.2, 0.25) is 0 Å². The van der Waals surface area contributed by atoms with Crippen LogP contribution in [0.4, 0.5) is 0 Å². The number of quaternary nitrogens is 1. The maximum Gasteiger partial charge on any atom is 0.472 e. The minimum absolute atomic E-state index is 0.0587. The van der Waals surface area contributed by atoms with Gasteiger partial charge in [0.25, 0.3) is 0 Å². The van der Waals surface area contributed by atoms with Crippen molar-refractivity contribution in [2.45, 2.75) is 58.5 Å². The van der Waals surface area contributed by atoms with E-state index in [9.17, 15) is 14.3 Å². The van der Waals surface area contributed by atoms with Gasteiger partial charge in [-0.2, -0.15) is 0 Å². The van der Waals surface area contributed by atoms with Gasteiger partial charge in [0, 0.05) is 6.92 Å². The molecule has 0 amide bonds. The first kappa shape index (κ1) is 35.2. The van der Waals surface area contributed by atoms with E-state index >= 15 is 0 Å². The fraction of sp³-hybridized carbons (Fsp3) is 0.607. The fourth-order valence-corrected chi connectivity index (χ4v) is 3.47. The summed E-state index contributed by atoms with van der Waals surface area (Å²) in [4.78, 5) is 21.1. The van der Waals surface area contributed by atoms with Gasteiger partial charge in [-0.05, 0) is 38.5 Å². The van der Waals surface area contributed by atoms with Crippen LogP contribution in [-0.4, -0.2) is 75.6 Å². The Morgan fingerprint density at radius 3 is 1.81 bits per heavy atom.